The van der Waals surface area contributed by atoms with E-state index in [9.17, 15) is 0 Å². The molecule has 0 unspecified atom stereocenters. The number of thioether (sulfide) groups is 1. The Morgan fingerprint density at radius 1 is 1.14 bits per heavy atom. The van der Waals surface area contributed by atoms with Gasteiger partial charge in [0, 0.05) is 11.8 Å². The van der Waals surface area contributed by atoms with Gasteiger partial charge in [-0.2, -0.15) is 0 Å². The first-order valence-electron chi connectivity index (χ1n) is 7.63. The number of rotatable bonds is 4. The molecule has 3 nitrogen and oxygen atoms in total. The summed E-state index contributed by atoms with van der Waals surface area (Å²) in [6.45, 7) is 2.05. The van der Waals surface area contributed by atoms with Crippen LogP contribution in [0.2, 0.25) is 10.0 Å². The molecule has 0 atom stereocenters. The number of hydrogen-bond acceptors (Lipinski definition) is 3. The molecule has 0 saturated heterocycles. The number of halogens is 2. The molecule has 0 bridgehead atoms. The summed E-state index contributed by atoms with van der Waals surface area (Å²) in [7, 11) is 0. The first-order valence-corrected chi connectivity index (χ1v) is 9.37. The second kappa shape index (κ2) is 7.24. The monoisotopic (exact) mass is 355 g/mol. The van der Waals surface area contributed by atoms with Gasteiger partial charge in [0.15, 0.2) is 5.16 Å². The number of aryl methyl sites for hydroxylation is 1. The quantitative estimate of drug-likeness (QED) is 0.659. The van der Waals surface area contributed by atoms with Gasteiger partial charge in [0.2, 0.25) is 0 Å². The Labute approximate surface area is 145 Å². The van der Waals surface area contributed by atoms with Crippen molar-refractivity contribution in [1.29, 1.82) is 0 Å². The molecule has 1 fully saturated rings. The highest BCUT2D eigenvalue weighted by atomic mass is 35.5. The molecule has 0 spiro atoms. The van der Waals surface area contributed by atoms with E-state index >= 15 is 0 Å². The van der Waals surface area contributed by atoms with Crippen molar-refractivity contribution in [2.75, 3.05) is 0 Å². The zero-order chi connectivity index (χ0) is 15.5. The SMILES string of the molecule is Cc1nnc(SCc2ccc(Cl)c(Cl)c2)n1C1CCCCC1. The van der Waals surface area contributed by atoms with E-state index in [0.29, 0.717) is 16.1 Å². The Bertz CT molecular complexity index is 651. The lowest BCUT2D eigenvalue weighted by atomic mass is 9.95. The lowest BCUT2D eigenvalue weighted by Gasteiger charge is -2.25. The first kappa shape index (κ1) is 16.2. The Morgan fingerprint density at radius 2 is 1.91 bits per heavy atom. The van der Waals surface area contributed by atoms with Gasteiger partial charge < -0.3 is 4.57 Å². The van der Waals surface area contributed by atoms with Crippen molar-refractivity contribution in [2.24, 2.45) is 0 Å². The fourth-order valence-corrected chi connectivity index (χ4v) is 4.30. The molecule has 2 aromatic rings. The van der Waals surface area contributed by atoms with Gasteiger partial charge in [-0.3, -0.25) is 0 Å². The minimum atomic E-state index is 0.556. The van der Waals surface area contributed by atoms with Crippen molar-refractivity contribution < 1.29 is 0 Å². The maximum Gasteiger partial charge on any atom is 0.191 e. The van der Waals surface area contributed by atoms with E-state index in [0.717, 1.165) is 22.3 Å². The zero-order valence-corrected chi connectivity index (χ0v) is 14.9. The summed E-state index contributed by atoms with van der Waals surface area (Å²) in [5.41, 5.74) is 1.15. The van der Waals surface area contributed by atoms with Crippen LogP contribution in [0.1, 0.15) is 49.5 Å². The molecule has 1 aromatic heterocycles. The number of hydrogen-bond donors (Lipinski definition) is 0. The van der Waals surface area contributed by atoms with Crippen molar-refractivity contribution in [3.8, 4) is 0 Å². The summed E-state index contributed by atoms with van der Waals surface area (Å²) in [6.07, 6.45) is 6.43. The molecule has 0 aliphatic heterocycles. The lowest BCUT2D eigenvalue weighted by molar-refractivity contribution is 0.332. The Morgan fingerprint density at radius 3 is 2.64 bits per heavy atom. The molecule has 0 radical (unpaired) electrons. The minimum absolute atomic E-state index is 0.556. The Balaban J connectivity index is 1.73. The van der Waals surface area contributed by atoms with Crippen molar-refractivity contribution in [3.05, 3.63) is 39.6 Å². The molecular weight excluding hydrogens is 337 g/mol. The molecule has 6 heteroatoms. The van der Waals surface area contributed by atoms with Gasteiger partial charge in [-0.15, -0.1) is 10.2 Å². The van der Waals surface area contributed by atoms with Crippen LogP contribution in [0.5, 0.6) is 0 Å². The van der Waals surface area contributed by atoms with Gasteiger partial charge >= 0.3 is 0 Å². The molecule has 1 aliphatic carbocycles. The molecule has 3 rings (SSSR count). The second-order valence-electron chi connectivity index (χ2n) is 5.73. The molecule has 1 aromatic carbocycles. The van der Waals surface area contributed by atoms with Gasteiger partial charge in [0.05, 0.1) is 10.0 Å². The fraction of sp³-hybridized carbons (Fsp3) is 0.500. The smallest absolute Gasteiger partial charge is 0.191 e. The molecule has 0 N–H and O–H groups in total. The molecule has 1 heterocycles. The third kappa shape index (κ3) is 3.61. The average molecular weight is 356 g/mol. The van der Waals surface area contributed by atoms with Crippen LogP contribution in [0.4, 0.5) is 0 Å². The third-order valence-corrected chi connectivity index (χ3v) is 5.88. The van der Waals surface area contributed by atoms with Gasteiger partial charge in [-0.05, 0) is 37.5 Å². The van der Waals surface area contributed by atoms with Crippen LogP contribution in [0, 0.1) is 6.92 Å². The van der Waals surface area contributed by atoms with Gasteiger partial charge in [0.1, 0.15) is 5.82 Å². The van der Waals surface area contributed by atoms with Crippen LogP contribution in [-0.2, 0) is 5.75 Å². The number of nitrogens with zero attached hydrogens (tertiary/aromatic N) is 3. The summed E-state index contributed by atoms with van der Waals surface area (Å²) < 4.78 is 2.32. The van der Waals surface area contributed by atoms with Crippen molar-refractivity contribution in [3.63, 3.8) is 0 Å². The van der Waals surface area contributed by atoms with Crippen LogP contribution >= 0.6 is 35.0 Å². The normalized spacial score (nSPS) is 16.1. The summed E-state index contributed by atoms with van der Waals surface area (Å²) >= 11 is 13.8. The fourth-order valence-electron chi connectivity index (χ4n) is 2.99. The third-order valence-electron chi connectivity index (χ3n) is 4.13. The summed E-state index contributed by atoms with van der Waals surface area (Å²) in [5, 5.41) is 10.8. The van der Waals surface area contributed by atoms with E-state index in [1.165, 1.54) is 32.1 Å². The maximum absolute atomic E-state index is 6.08. The van der Waals surface area contributed by atoms with Crippen LogP contribution in [-0.4, -0.2) is 14.8 Å². The average Bonchev–Trinajstić information content (AvgIpc) is 2.90. The zero-order valence-electron chi connectivity index (χ0n) is 12.6. The van der Waals surface area contributed by atoms with Crippen LogP contribution in [0.15, 0.2) is 23.4 Å². The minimum Gasteiger partial charge on any atom is -0.303 e. The molecule has 22 heavy (non-hydrogen) atoms. The van der Waals surface area contributed by atoms with Crippen molar-refractivity contribution >= 4 is 35.0 Å². The summed E-state index contributed by atoms with van der Waals surface area (Å²) in [6, 6.07) is 6.33. The van der Waals surface area contributed by atoms with E-state index in [4.69, 9.17) is 23.2 Å². The summed E-state index contributed by atoms with van der Waals surface area (Å²) in [4.78, 5) is 0. The molecule has 118 valence electrons. The van der Waals surface area contributed by atoms with Gasteiger partial charge in [0.25, 0.3) is 0 Å². The van der Waals surface area contributed by atoms with E-state index < -0.39 is 0 Å². The van der Waals surface area contributed by atoms with Crippen LogP contribution in [0.25, 0.3) is 0 Å². The highest BCUT2D eigenvalue weighted by Crippen LogP contribution is 2.34. The number of benzene rings is 1. The van der Waals surface area contributed by atoms with Crippen molar-refractivity contribution in [2.45, 2.75) is 56.0 Å². The first-order chi connectivity index (χ1) is 10.6. The molecule has 0 amide bonds. The maximum atomic E-state index is 6.08. The molecule has 1 aliphatic rings. The predicted molar refractivity (Wildman–Crippen MR) is 92.9 cm³/mol. The number of aromatic nitrogens is 3. The van der Waals surface area contributed by atoms with Gasteiger partial charge in [-0.25, -0.2) is 0 Å². The van der Waals surface area contributed by atoms with Crippen molar-refractivity contribution in [1.82, 2.24) is 14.8 Å². The van der Waals surface area contributed by atoms with E-state index in [1.54, 1.807) is 11.8 Å². The van der Waals surface area contributed by atoms with E-state index in [-0.39, 0.29) is 0 Å². The molecule has 1 saturated carbocycles. The Hall–Kier alpha value is -0.710. The predicted octanol–water partition coefficient (Wildman–Crippen LogP) is 5.69. The largest absolute Gasteiger partial charge is 0.303 e. The van der Waals surface area contributed by atoms with E-state index in [1.807, 2.05) is 25.1 Å². The highest BCUT2D eigenvalue weighted by molar-refractivity contribution is 7.98. The van der Waals surface area contributed by atoms with Gasteiger partial charge in [-0.1, -0.05) is 60.3 Å². The Kier molecular flexibility index (Phi) is 5.32. The topological polar surface area (TPSA) is 30.7 Å². The summed E-state index contributed by atoms with van der Waals surface area (Å²) in [5.74, 6) is 1.84. The van der Waals surface area contributed by atoms with E-state index in [2.05, 4.69) is 14.8 Å². The van der Waals surface area contributed by atoms with Crippen LogP contribution < -0.4 is 0 Å². The highest BCUT2D eigenvalue weighted by Gasteiger charge is 2.21. The standard InChI is InChI=1S/C16H19Cl2N3S/c1-11-19-20-16(21(11)13-5-3-2-4-6-13)22-10-12-7-8-14(17)15(18)9-12/h7-9,13H,2-6,10H2,1H3. The lowest BCUT2D eigenvalue weighted by Crippen LogP contribution is -2.15. The molecular formula is C16H19Cl2N3S. The second-order valence-corrected chi connectivity index (χ2v) is 7.49. The van der Waals surface area contributed by atoms with Crippen LogP contribution in [0.3, 0.4) is 0 Å².